The second-order valence-electron chi connectivity index (χ2n) is 4.34. The summed E-state index contributed by atoms with van der Waals surface area (Å²) in [5.41, 5.74) is 0. The van der Waals surface area contributed by atoms with Gasteiger partial charge < -0.3 is 0 Å². The molecule has 0 heterocycles. The Labute approximate surface area is 87.6 Å². The van der Waals surface area contributed by atoms with E-state index >= 15 is 0 Å². The highest BCUT2D eigenvalue weighted by Crippen LogP contribution is 2.42. The van der Waals surface area contributed by atoms with Crippen LogP contribution >= 0.6 is 21.6 Å². The van der Waals surface area contributed by atoms with Crippen molar-refractivity contribution in [1.82, 2.24) is 0 Å². The summed E-state index contributed by atoms with van der Waals surface area (Å²) in [7, 11) is 2.85. The Morgan fingerprint density at radius 3 is 1.77 bits per heavy atom. The highest BCUT2D eigenvalue weighted by Gasteiger charge is 2.26. The van der Waals surface area contributed by atoms with E-state index in [4.69, 9.17) is 0 Å². The summed E-state index contributed by atoms with van der Waals surface area (Å²) in [5, 5.41) is -0.552. The molecule has 0 fully saturated rings. The number of halogens is 2. The molecule has 0 N–H and O–H groups in total. The van der Waals surface area contributed by atoms with Crippen LogP contribution in [0.4, 0.5) is 8.78 Å². The van der Waals surface area contributed by atoms with Crippen molar-refractivity contribution in [2.24, 2.45) is 5.92 Å². The van der Waals surface area contributed by atoms with Gasteiger partial charge >= 0.3 is 0 Å². The molecule has 0 unspecified atom stereocenters. The van der Waals surface area contributed by atoms with E-state index < -0.39 is 11.7 Å². The first-order chi connectivity index (χ1) is 5.74. The van der Waals surface area contributed by atoms with E-state index in [0.29, 0.717) is 0 Å². The quantitative estimate of drug-likeness (QED) is 0.652. The smallest absolute Gasteiger partial charge is 0.209 e. The largest absolute Gasteiger partial charge is 0.251 e. The highest BCUT2D eigenvalue weighted by molar-refractivity contribution is 8.77. The summed E-state index contributed by atoms with van der Waals surface area (Å²) >= 11 is 0. The standard InChI is InChI=1S/C9H18F2S2/c1-6(2)7(8(10)11)12-13-9(3,4)5/h6-8H,1-5H3/t7-/m1/s1. The van der Waals surface area contributed by atoms with Gasteiger partial charge in [-0.3, -0.25) is 0 Å². The summed E-state index contributed by atoms with van der Waals surface area (Å²) in [6, 6.07) is 0. The van der Waals surface area contributed by atoms with Crippen LogP contribution in [-0.4, -0.2) is 16.4 Å². The monoisotopic (exact) mass is 228 g/mol. The molecule has 0 spiro atoms. The lowest BCUT2D eigenvalue weighted by Crippen LogP contribution is -2.21. The first-order valence-electron chi connectivity index (χ1n) is 4.36. The molecule has 0 saturated heterocycles. The molecule has 0 nitrogen and oxygen atoms in total. The third-order valence-corrected chi connectivity index (χ3v) is 5.34. The molecular weight excluding hydrogens is 210 g/mol. The van der Waals surface area contributed by atoms with E-state index in [-0.39, 0.29) is 10.7 Å². The summed E-state index contributed by atoms with van der Waals surface area (Å²) in [5.74, 6) is 0.0276. The van der Waals surface area contributed by atoms with Crippen molar-refractivity contribution in [3.8, 4) is 0 Å². The average molecular weight is 228 g/mol. The molecule has 0 aromatic heterocycles. The van der Waals surface area contributed by atoms with Gasteiger partial charge in [-0.15, -0.1) is 0 Å². The topological polar surface area (TPSA) is 0 Å². The molecule has 80 valence electrons. The fourth-order valence-electron chi connectivity index (χ4n) is 0.644. The second kappa shape index (κ2) is 5.44. The van der Waals surface area contributed by atoms with Crippen molar-refractivity contribution in [2.75, 3.05) is 0 Å². The Hall–Kier alpha value is 0.560. The van der Waals surface area contributed by atoms with E-state index in [9.17, 15) is 8.78 Å². The SMILES string of the molecule is CC(C)[C@@H](SSC(C)(C)C)C(F)F. The Morgan fingerprint density at radius 1 is 1.08 bits per heavy atom. The Bertz CT molecular complexity index is 133. The fourth-order valence-corrected chi connectivity index (χ4v) is 3.47. The molecule has 0 aromatic carbocycles. The number of rotatable bonds is 4. The van der Waals surface area contributed by atoms with Gasteiger partial charge in [-0.2, -0.15) is 0 Å². The Balaban J connectivity index is 3.98. The molecule has 0 saturated carbocycles. The zero-order chi connectivity index (χ0) is 10.6. The highest BCUT2D eigenvalue weighted by atomic mass is 33.1. The molecule has 0 rings (SSSR count). The molecule has 0 aliphatic rings. The summed E-state index contributed by atoms with van der Waals surface area (Å²) in [6.45, 7) is 9.79. The molecule has 0 aromatic rings. The van der Waals surface area contributed by atoms with Crippen LogP contribution < -0.4 is 0 Å². The van der Waals surface area contributed by atoms with Crippen molar-refractivity contribution in [1.29, 1.82) is 0 Å². The van der Waals surface area contributed by atoms with Crippen LogP contribution in [0.15, 0.2) is 0 Å². The number of alkyl halides is 2. The van der Waals surface area contributed by atoms with Crippen LogP contribution in [0.3, 0.4) is 0 Å². The van der Waals surface area contributed by atoms with Crippen LogP contribution in [0.2, 0.25) is 0 Å². The normalized spacial score (nSPS) is 15.5. The molecule has 0 aliphatic heterocycles. The third kappa shape index (κ3) is 6.61. The number of hydrogen-bond donors (Lipinski definition) is 0. The average Bonchev–Trinajstić information content (AvgIpc) is 1.82. The maximum absolute atomic E-state index is 12.5. The van der Waals surface area contributed by atoms with E-state index in [1.54, 1.807) is 0 Å². The van der Waals surface area contributed by atoms with Gasteiger partial charge in [0.25, 0.3) is 6.43 Å². The van der Waals surface area contributed by atoms with E-state index in [1.165, 1.54) is 21.6 Å². The lowest BCUT2D eigenvalue weighted by atomic mass is 10.1. The van der Waals surface area contributed by atoms with Gasteiger partial charge in [0.05, 0.1) is 5.25 Å². The van der Waals surface area contributed by atoms with Gasteiger partial charge in [-0.05, 0) is 5.92 Å². The molecule has 1 atom stereocenters. The van der Waals surface area contributed by atoms with Gasteiger partial charge in [0.2, 0.25) is 0 Å². The Morgan fingerprint density at radius 2 is 1.54 bits per heavy atom. The molecule has 0 aliphatic carbocycles. The first-order valence-corrected chi connectivity index (χ1v) is 6.58. The van der Waals surface area contributed by atoms with Crippen molar-refractivity contribution >= 4 is 21.6 Å². The van der Waals surface area contributed by atoms with Gasteiger partial charge in [0.1, 0.15) is 0 Å². The van der Waals surface area contributed by atoms with Crippen molar-refractivity contribution in [3.05, 3.63) is 0 Å². The molecule has 0 bridgehead atoms. The number of hydrogen-bond acceptors (Lipinski definition) is 2. The molecule has 4 heteroatoms. The first kappa shape index (κ1) is 13.6. The van der Waals surface area contributed by atoms with Crippen LogP contribution in [0, 0.1) is 5.92 Å². The van der Waals surface area contributed by atoms with Crippen LogP contribution in [0.25, 0.3) is 0 Å². The maximum atomic E-state index is 12.5. The summed E-state index contributed by atoms with van der Waals surface area (Å²) < 4.78 is 25.0. The minimum Gasteiger partial charge on any atom is -0.209 e. The van der Waals surface area contributed by atoms with E-state index in [0.717, 1.165) is 0 Å². The predicted molar refractivity (Wildman–Crippen MR) is 59.6 cm³/mol. The van der Waals surface area contributed by atoms with Gasteiger partial charge in [0.15, 0.2) is 0 Å². The minimum atomic E-state index is -2.22. The van der Waals surface area contributed by atoms with Crippen LogP contribution in [0.5, 0.6) is 0 Å². The predicted octanol–water partition coefficient (Wildman–Crippen LogP) is 4.46. The lowest BCUT2D eigenvalue weighted by molar-refractivity contribution is 0.130. The van der Waals surface area contributed by atoms with Gasteiger partial charge in [-0.1, -0.05) is 56.2 Å². The van der Waals surface area contributed by atoms with Crippen molar-refractivity contribution in [3.63, 3.8) is 0 Å². The minimum absolute atomic E-state index is 0.0276. The Kier molecular flexibility index (Phi) is 5.68. The summed E-state index contributed by atoms with van der Waals surface area (Å²) in [4.78, 5) is 0. The lowest BCUT2D eigenvalue weighted by Gasteiger charge is -2.23. The van der Waals surface area contributed by atoms with Gasteiger partial charge in [0, 0.05) is 4.75 Å². The fraction of sp³-hybridized carbons (Fsp3) is 1.00. The molecule has 0 amide bonds. The van der Waals surface area contributed by atoms with Crippen LogP contribution in [0.1, 0.15) is 34.6 Å². The van der Waals surface area contributed by atoms with Gasteiger partial charge in [-0.25, -0.2) is 8.78 Å². The molecule has 13 heavy (non-hydrogen) atoms. The van der Waals surface area contributed by atoms with Crippen molar-refractivity contribution < 1.29 is 8.78 Å². The van der Waals surface area contributed by atoms with E-state index in [1.807, 2.05) is 34.6 Å². The molecular formula is C9H18F2S2. The van der Waals surface area contributed by atoms with E-state index in [2.05, 4.69) is 0 Å². The zero-order valence-electron chi connectivity index (χ0n) is 8.80. The van der Waals surface area contributed by atoms with Crippen LogP contribution in [-0.2, 0) is 0 Å². The zero-order valence-corrected chi connectivity index (χ0v) is 10.4. The van der Waals surface area contributed by atoms with Crippen molar-refractivity contribution in [2.45, 2.75) is 51.0 Å². The second-order valence-corrected chi connectivity index (χ2v) is 7.54. The third-order valence-electron chi connectivity index (χ3n) is 1.31. The maximum Gasteiger partial charge on any atom is 0.251 e. The summed E-state index contributed by atoms with van der Waals surface area (Å²) in [6.07, 6.45) is -2.22. The molecule has 0 radical (unpaired) electrons.